The minimum atomic E-state index is 0.144. The molecule has 0 radical (unpaired) electrons. The summed E-state index contributed by atoms with van der Waals surface area (Å²) in [5.74, 6) is 1.02. The van der Waals surface area contributed by atoms with Gasteiger partial charge >= 0.3 is 0 Å². The Hall–Kier alpha value is -1.49. The van der Waals surface area contributed by atoms with Gasteiger partial charge in [-0.3, -0.25) is 14.8 Å². The van der Waals surface area contributed by atoms with Crippen molar-refractivity contribution in [2.45, 2.75) is 63.8 Å². The van der Waals surface area contributed by atoms with Gasteiger partial charge in [-0.15, -0.1) is 0 Å². The van der Waals surface area contributed by atoms with Crippen LogP contribution < -0.4 is 5.32 Å². The van der Waals surface area contributed by atoms with Crippen LogP contribution in [0.4, 0.5) is 0 Å². The van der Waals surface area contributed by atoms with E-state index in [1.54, 1.807) is 18.6 Å². The molecule has 1 amide bonds. The molecule has 3 rings (SSSR count). The Morgan fingerprint density at radius 2 is 2.04 bits per heavy atom. The second kappa shape index (κ2) is 9.11. The Morgan fingerprint density at radius 1 is 1.17 bits per heavy atom. The predicted octanol–water partition coefficient (Wildman–Crippen LogP) is 2.57. The number of hydrogen-bond acceptors (Lipinski definition) is 4. The molecule has 0 spiro atoms. The zero-order valence-corrected chi connectivity index (χ0v) is 14.6. The highest BCUT2D eigenvalue weighted by Crippen LogP contribution is 2.25. The molecular weight excluding hydrogens is 300 g/mol. The Labute approximate surface area is 145 Å². The van der Waals surface area contributed by atoms with Gasteiger partial charge < -0.3 is 10.2 Å². The lowest BCUT2D eigenvalue weighted by Gasteiger charge is -2.36. The van der Waals surface area contributed by atoms with Gasteiger partial charge in [0.15, 0.2) is 0 Å². The van der Waals surface area contributed by atoms with E-state index in [2.05, 4.69) is 20.2 Å². The lowest BCUT2D eigenvalue weighted by Crippen LogP contribution is -2.49. The first-order chi connectivity index (χ1) is 11.8. The SMILES string of the molecule is O=C(CCc1cnccn1)N[C@@H]1CCCN(CC2CCCCC2)C1. The highest BCUT2D eigenvalue weighted by atomic mass is 16.1. The van der Waals surface area contributed by atoms with Crippen LogP contribution in [-0.2, 0) is 11.2 Å². The third-order valence-corrected chi connectivity index (χ3v) is 5.34. The number of hydrogen-bond donors (Lipinski definition) is 1. The highest BCUT2D eigenvalue weighted by molar-refractivity contribution is 5.76. The molecule has 0 aromatic carbocycles. The lowest BCUT2D eigenvalue weighted by atomic mass is 9.88. The van der Waals surface area contributed by atoms with E-state index in [1.165, 1.54) is 51.6 Å². The van der Waals surface area contributed by atoms with Crippen molar-refractivity contribution in [3.8, 4) is 0 Å². The molecule has 2 aliphatic rings. The average molecular weight is 330 g/mol. The molecule has 1 aromatic rings. The minimum absolute atomic E-state index is 0.144. The highest BCUT2D eigenvalue weighted by Gasteiger charge is 2.24. The number of carbonyl (C=O) groups excluding carboxylic acids is 1. The number of nitrogens with one attached hydrogen (secondary N) is 1. The Kier molecular flexibility index (Phi) is 6.58. The number of likely N-dealkylation sites (tertiary alicyclic amines) is 1. The summed E-state index contributed by atoms with van der Waals surface area (Å²) in [4.78, 5) is 23.0. The molecule has 0 bridgehead atoms. The van der Waals surface area contributed by atoms with Gasteiger partial charge in [0, 0.05) is 44.1 Å². The maximum atomic E-state index is 12.2. The summed E-state index contributed by atoms with van der Waals surface area (Å²) < 4.78 is 0. The first-order valence-electron chi connectivity index (χ1n) is 9.56. The van der Waals surface area contributed by atoms with E-state index < -0.39 is 0 Å². The van der Waals surface area contributed by atoms with Crippen molar-refractivity contribution < 1.29 is 4.79 Å². The van der Waals surface area contributed by atoms with Crippen LogP contribution in [0.15, 0.2) is 18.6 Å². The van der Waals surface area contributed by atoms with Crippen LogP contribution in [0.1, 0.15) is 57.1 Å². The third kappa shape index (κ3) is 5.55. The van der Waals surface area contributed by atoms with Gasteiger partial charge in [0.2, 0.25) is 5.91 Å². The summed E-state index contributed by atoms with van der Waals surface area (Å²) in [5, 5.41) is 3.23. The van der Waals surface area contributed by atoms with Crippen LogP contribution in [0.2, 0.25) is 0 Å². The van der Waals surface area contributed by atoms with E-state index in [0.29, 0.717) is 18.9 Å². The van der Waals surface area contributed by atoms with E-state index in [0.717, 1.165) is 24.6 Å². The molecule has 1 N–H and O–H groups in total. The average Bonchev–Trinajstić information content (AvgIpc) is 2.62. The van der Waals surface area contributed by atoms with Gasteiger partial charge in [0.05, 0.1) is 5.69 Å². The number of rotatable bonds is 6. The monoisotopic (exact) mass is 330 g/mol. The van der Waals surface area contributed by atoms with E-state index in [4.69, 9.17) is 0 Å². The predicted molar refractivity (Wildman–Crippen MR) is 94.5 cm³/mol. The first-order valence-corrected chi connectivity index (χ1v) is 9.56. The van der Waals surface area contributed by atoms with Crippen molar-refractivity contribution >= 4 is 5.91 Å². The normalized spacial score (nSPS) is 23.1. The van der Waals surface area contributed by atoms with Crippen LogP contribution in [0.25, 0.3) is 0 Å². The number of amides is 1. The van der Waals surface area contributed by atoms with Crippen molar-refractivity contribution in [3.63, 3.8) is 0 Å². The largest absolute Gasteiger partial charge is 0.352 e. The quantitative estimate of drug-likeness (QED) is 0.871. The molecule has 1 saturated heterocycles. The van der Waals surface area contributed by atoms with Crippen molar-refractivity contribution in [2.75, 3.05) is 19.6 Å². The third-order valence-electron chi connectivity index (χ3n) is 5.34. The maximum Gasteiger partial charge on any atom is 0.220 e. The molecule has 1 atom stereocenters. The zero-order chi connectivity index (χ0) is 16.6. The van der Waals surface area contributed by atoms with Crippen LogP contribution in [0, 0.1) is 5.92 Å². The summed E-state index contributed by atoms with van der Waals surface area (Å²) in [5.41, 5.74) is 0.884. The van der Waals surface area contributed by atoms with Gasteiger partial charge in [-0.2, -0.15) is 0 Å². The number of carbonyl (C=O) groups is 1. The molecular formula is C19H30N4O. The van der Waals surface area contributed by atoms with E-state index in [-0.39, 0.29) is 5.91 Å². The van der Waals surface area contributed by atoms with Crippen molar-refractivity contribution in [2.24, 2.45) is 5.92 Å². The summed E-state index contributed by atoms with van der Waals surface area (Å²) in [7, 11) is 0. The van der Waals surface area contributed by atoms with Crippen molar-refractivity contribution in [1.29, 1.82) is 0 Å². The molecule has 1 aliphatic heterocycles. The van der Waals surface area contributed by atoms with Gasteiger partial charge in [-0.1, -0.05) is 19.3 Å². The fourth-order valence-corrected chi connectivity index (χ4v) is 4.07. The van der Waals surface area contributed by atoms with Gasteiger partial charge in [0.25, 0.3) is 0 Å². The molecule has 1 saturated carbocycles. The fourth-order valence-electron chi connectivity index (χ4n) is 4.07. The van der Waals surface area contributed by atoms with E-state index in [1.807, 2.05) is 0 Å². The molecule has 1 aliphatic carbocycles. The summed E-state index contributed by atoms with van der Waals surface area (Å²) >= 11 is 0. The Morgan fingerprint density at radius 3 is 2.83 bits per heavy atom. The molecule has 1 aromatic heterocycles. The standard InChI is InChI=1S/C19H30N4O/c24-19(9-8-17-13-20-10-11-21-17)22-18-7-4-12-23(15-18)14-16-5-2-1-3-6-16/h10-11,13,16,18H,1-9,12,14-15H2,(H,22,24)/t18-/m1/s1. The Balaban J connectivity index is 1.38. The molecule has 132 valence electrons. The molecule has 0 unspecified atom stereocenters. The van der Waals surface area contributed by atoms with Crippen LogP contribution in [0.3, 0.4) is 0 Å². The van der Waals surface area contributed by atoms with Gasteiger partial charge in [-0.25, -0.2) is 0 Å². The van der Waals surface area contributed by atoms with Crippen LogP contribution >= 0.6 is 0 Å². The zero-order valence-electron chi connectivity index (χ0n) is 14.6. The van der Waals surface area contributed by atoms with Crippen molar-refractivity contribution in [1.82, 2.24) is 20.2 Å². The topological polar surface area (TPSA) is 58.1 Å². The lowest BCUT2D eigenvalue weighted by molar-refractivity contribution is -0.122. The van der Waals surface area contributed by atoms with Crippen LogP contribution in [0.5, 0.6) is 0 Å². The molecule has 5 nitrogen and oxygen atoms in total. The number of piperidine rings is 1. The molecule has 2 heterocycles. The maximum absolute atomic E-state index is 12.2. The second-order valence-corrected chi connectivity index (χ2v) is 7.37. The number of nitrogens with zero attached hydrogens (tertiary/aromatic N) is 3. The first kappa shape index (κ1) is 17.3. The van der Waals surface area contributed by atoms with Gasteiger partial charge in [0.1, 0.15) is 0 Å². The summed E-state index contributed by atoms with van der Waals surface area (Å²) in [6.07, 6.45) is 15.6. The van der Waals surface area contributed by atoms with Crippen LogP contribution in [-0.4, -0.2) is 46.5 Å². The number of aryl methyl sites for hydroxylation is 1. The summed E-state index contributed by atoms with van der Waals surface area (Å²) in [6.45, 7) is 3.45. The Bertz CT molecular complexity index is 501. The van der Waals surface area contributed by atoms with Gasteiger partial charge in [-0.05, 0) is 44.6 Å². The smallest absolute Gasteiger partial charge is 0.220 e. The van der Waals surface area contributed by atoms with Crippen molar-refractivity contribution in [3.05, 3.63) is 24.3 Å². The molecule has 2 fully saturated rings. The molecule has 5 heteroatoms. The second-order valence-electron chi connectivity index (χ2n) is 7.37. The molecule has 24 heavy (non-hydrogen) atoms. The summed E-state index contributed by atoms with van der Waals surface area (Å²) in [6, 6.07) is 0.316. The van der Waals surface area contributed by atoms with E-state index >= 15 is 0 Å². The minimum Gasteiger partial charge on any atom is -0.352 e. The fraction of sp³-hybridized carbons (Fsp3) is 0.737. The van der Waals surface area contributed by atoms with E-state index in [9.17, 15) is 4.79 Å². The number of aromatic nitrogens is 2.